The van der Waals surface area contributed by atoms with Crippen LogP contribution < -0.4 is 10.2 Å². The Kier molecular flexibility index (Phi) is 6.01. The van der Waals surface area contributed by atoms with E-state index in [4.69, 9.17) is 9.15 Å². The molecule has 146 valence electrons. The molecular weight excluding hydrogens is 364 g/mol. The van der Waals surface area contributed by atoms with Gasteiger partial charge in [0.25, 0.3) is 5.91 Å². The quantitative estimate of drug-likeness (QED) is 0.741. The van der Waals surface area contributed by atoms with Crippen LogP contribution in [0.25, 0.3) is 0 Å². The lowest BCUT2D eigenvalue weighted by Crippen LogP contribution is -3.08. The van der Waals surface area contributed by atoms with Crippen LogP contribution in [0.2, 0.25) is 0 Å². The maximum Gasteiger partial charge on any atom is 0.341 e. The highest BCUT2D eigenvalue weighted by Crippen LogP contribution is 2.39. The molecule has 1 unspecified atom stereocenters. The van der Waals surface area contributed by atoms with Gasteiger partial charge in [-0.1, -0.05) is 6.92 Å². The summed E-state index contributed by atoms with van der Waals surface area (Å²) in [6.45, 7) is 5.04. The number of hydrogen-bond donors (Lipinski definition) is 2. The van der Waals surface area contributed by atoms with Gasteiger partial charge in [0.15, 0.2) is 12.3 Å². The minimum atomic E-state index is -0.371. The Labute approximate surface area is 163 Å². The SMILES string of the molecule is COC(=O)c1c(NC(=O)C[NH+](C)Cc2ccc(C)o2)sc2c1CC[C@H](C)C2. The van der Waals surface area contributed by atoms with E-state index in [1.807, 2.05) is 26.1 Å². The molecule has 7 heteroatoms. The van der Waals surface area contributed by atoms with Gasteiger partial charge in [0.2, 0.25) is 0 Å². The highest BCUT2D eigenvalue weighted by Gasteiger charge is 2.29. The minimum absolute atomic E-state index is 0.118. The second-order valence-electron chi connectivity index (χ2n) is 7.42. The van der Waals surface area contributed by atoms with Crippen LogP contribution in [0.5, 0.6) is 0 Å². The lowest BCUT2D eigenvalue weighted by atomic mass is 9.88. The number of fused-ring (bicyclic) bond motifs is 1. The second-order valence-corrected chi connectivity index (χ2v) is 8.52. The summed E-state index contributed by atoms with van der Waals surface area (Å²) in [7, 11) is 3.33. The van der Waals surface area contributed by atoms with Gasteiger partial charge in [-0.15, -0.1) is 11.3 Å². The average molecular weight is 392 g/mol. The molecule has 2 N–H and O–H groups in total. The Bertz CT molecular complexity index is 839. The molecule has 1 amide bonds. The van der Waals surface area contributed by atoms with E-state index >= 15 is 0 Å². The predicted octanol–water partition coefficient (Wildman–Crippen LogP) is 2.21. The van der Waals surface area contributed by atoms with Gasteiger partial charge in [0.1, 0.15) is 17.3 Å². The Morgan fingerprint density at radius 2 is 2.19 bits per heavy atom. The maximum atomic E-state index is 12.6. The molecule has 3 rings (SSSR count). The summed E-state index contributed by atoms with van der Waals surface area (Å²) >= 11 is 1.51. The van der Waals surface area contributed by atoms with Crippen LogP contribution in [0.3, 0.4) is 0 Å². The van der Waals surface area contributed by atoms with E-state index in [1.165, 1.54) is 23.3 Å². The number of likely N-dealkylation sites (N-methyl/N-ethyl adjacent to an activating group) is 1. The van der Waals surface area contributed by atoms with Crippen molar-refractivity contribution in [2.45, 2.75) is 39.7 Å². The maximum absolute atomic E-state index is 12.6. The third kappa shape index (κ3) is 4.59. The zero-order chi connectivity index (χ0) is 19.6. The van der Waals surface area contributed by atoms with Crippen LogP contribution in [0.1, 0.15) is 45.7 Å². The molecule has 27 heavy (non-hydrogen) atoms. The first-order valence-corrected chi connectivity index (χ1v) is 10.1. The van der Waals surface area contributed by atoms with Crippen LogP contribution >= 0.6 is 11.3 Å². The molecule has 0 radical (unpaired) electrons. The van der Waals surface area contributed by atoms with Crippen molar-refractivity contribution < 1.29 is 23.6 Å². The molecule has 0 aromatic carbocycles. The molecule has 0 spiro atoms. The lowest BCUT2D eigenvalue weighted by Gasteiger charge is -2.18. The monoisotopic (exact) mass is 391 g/mol. The van der Waals surface area contributed by atoms with Gasteiger partial charge in [-0.25, -0.2) is 4.79 Å². The number of anilines is 1. The molecule has 2 atom stereocenters. The van der Waals surface area contributed by atoms with E-state index in [1.54, 1.807) is 0 Å². The van der Waals surface area contributed by atoms with Crippen LogP contribution in [0.4, 0.5) is 5.00 Å². The van der Waals surface area contributed by atoms with Crippen LogP contribution in [0, 0.1) is 12.8 Å². The number of furan rings is 1. The highest BCUT2D eigenvalue weighted by molar-refractivity contribution is 7.17. The number of rotatable bonds is 6. The Morgan fingerprint density at radius 1 is 1.41 bits per heavy atom. The van der Waals surface area contributed by atoms with Gasteiger partial charge in [-0.3, -0.25) is 4.79 Å². The van der Waals surface area contributed by atoms with Crippen LogP contribution in [-0.2, 0) is 28.9 Å². The molecule has 1 aliphatic carbocycles. The average Bonchev–Trinajstić information content (AvgIpc) is 3.16. The third-order valence-corrected chi connectivity index (χ3v) is 6.06. The summed E-state index contributed by atoms with van der Waals surface area (Å²) in [4.78, 5) is 27.1. The summed E-state index contributed by atoms with van der Waals surface area (Å²) in [5, 5.41) is 3.57. The van der Waals surface area contributed by atoms with Crippen molar-refractivity contribution >= 4 is 28.2 Å². The van der Waals surface area contributed by atoms with Gasteiger partial charge in [0, 0.05) is 4.88 Å². The zero-order valence-electron chi connectivity index (χ0n) is 16.3. The summed E-state index contributed by atoms with van der Waals surface area (Å²) in [6, 6.07) is 3.85. The predicted molar refractivity (Wildman–Crippen MR) is 104 cm³/mol. The topological polar surface area (TPSA) is 73.0 Å². The van der Waals surface area contributed by atoms with Gasteiger partial charge >= 0.3 is 5.97 Å². The smallest absolute Gasteiger partial charge is 0.341 e. The first-order valence-electron chi connectivity index (χ1n) is 9.26. The number of hydrogen-bond acceptors (Lipinski definition) is 5. The Balaban J connectivity index is 1.70. The molecule has 0 fully saturated rings. The number of carbonyl (C=O) groups is 2. The van der Waals surface area contributed by atoms with E-state index in [0.717, 1.165) is 41.2 Å². The molecule has 1 aliphatic rings. The van der Waals surface area contributed by atoms with Crippen molar-refractivity contribution in [2.24, 2.45) is 5.92 Å². The number of thiophene rings is 1. The number of nitrogens with one attached hydrogen (secondary N) is 2. The number of carbonyl (C=O) groups excluding carboxylic acids is 2. The molecule has 0 aliphatic heterocycles. The molecule has 0 bridgehead atoms. The zero-order valence-corrected chi connectivity index (χ0v) is 17.1. The number of quaternary nitrogens is 1. The van der Waals surface area contributed by atoms with E-state index in [0.29, 0.717) is 29.6 Å². The molecule has 2 aromatic heterocycles. The minimum Gasteiger partial charge on any atom is -0.465 e. The fourth-order valence-corrected chi connectivity index (χ4v) is 4.96. The molecule has 6 nitrogen and oxygen atoms in total. The first-order chi connectivity index (χ1) is 12.9. The molecule has 0 saturated carbocycles. The fraction of sp³-hybridized carbons (Fsp3) is 0.500. The van der Waals surface area contributed by atoms with Gasteiger partial charge in [-0.05, 0) is 49.8 Å². The number of aryl methyl sites for hydroxylation is 1. The molecule has 0 saturated heterocycles. The summed E-state index contributed by atoms with van der Waals surface area (Å²) in [5.74, 6) is 1.83. The van der Waals surface area contributed by atoms with E-state index in [-0.39, 0.29) is 11.9 Å². The van der Waals surface area contributed by atoms with E-state index in [9.17, 15) is 9.59 Å². The second kappa shape index (κ2) is 8.27. The van der Waals surface area contributed by atoms with E-state index < -0.39 is 0 Å². The van der Waals surface area contributed by atoms with Crippen molar-refractivity contribution in [2.75, 3.05) is 26.0 Å². The van der Waals surface area contributed by atoms with Crippen LogP contribution in [0.15, 0.2) is 16.5 Å². The number of methoxy groups -OCH3 is 1. The van der Waals surface area contributed by atoms with Crippen LogP contribution in [-0.4, -0.2) is 32.6 Å². The summed E-state index contributed by atoms with van der Waals surface area (Å²) in [6.07, 6.45) is 2.86. The molecule has 2 aromatic rings. The van der Waals surface area contributed by atoms with Gasteiger partial charge < -0.3 is 19.4 Å². The molecule has 2 heterocycles. The largest absolute Gasteiger partial charge is 0.465 e. The summed E-state index contributed by atoms with van der Waals surface area (Å²) in [5.41, 5.74) is 1.59. The van der Waals surface area contributed by atoms with Crippen molar-refractivity contribution in [3.8, 4) is 0 Å². The van der Waals surface area contributed by atoms with Gasteiger partial charge in [-0.2, -0.15) is 0 Å². The number of esters is 1. The van der Waals surface area contributed by atoms with Crippen molar-refractivity contribution in [1.82, 2.24) is 0 Å². The third-order valence-electron chi connectivity index (χ3n) is 4.89. The van der Waals surface area contributed by atoms with Gasteiger partial charge in [0.05, 0.1) is 19.7 Å². The first kappa shape index (κ1) is 19.6. The summed E-state index contributed by atoms with van der Waals surface area (Å²) < 4.78 is 10.5. The number of amides is 1. The lowest BCUT2D eigenvalue weighted by molar-refractivity contribution is -0.886. The fourth-order valence-electron chi connectivity index (χ4n) is 3.54. The highest BCUT2D eigenvalue weighted by atomic mass is 32.1. The standard InChI is InChI=1S/C20H26N2O4S/c1-12-5-8-15-16(9-12)27-19(18(15)20(24)25-4)21-17(23)11-22(3)10-14-7-6-13(2)26-14/h6-7,12H,5,8-11H2,1-4H3,(H,21,23)/p+1/t12-/m0/s1. The number of ether oxygens (including phenoxy) is 1. The van der Waals surface area contributed by atoms with Crippen molar-refractivity contribution in [1.29, 1.82) is 0 Å². The van der Waals surface area contributed by atoms with Crippen molar-refractivity contribution in [3.63, 3.8) is 0 Å². The van der Waals surface area contributed by atoms with E-state index in [2.05, 4.69) is 12.2 Å². The Hall–Kier alpha value is -2.12. The molecular formula is C20H27N2O4S+. The normalized spacial score (nSPS) is 17.3. The van der Waals surface area contributed by atoms with Crippen molar-refractivity contribution in [3.05, 3.63) is 39.7 Å². The Morgan fingerprint density at radius 3 is 2.85 bits per heavy atom.